The van der Waals surface area contributed by atoms with Crippen molar-refractivity contribution < 1.29 is 23.9 Å². The van der Waals surface area contributed by atoms with Gasteiger partial charge in [0.05, 0.1) is 12.2 Å². The van der Waals surface area contributed by atoms with Crippen molar-refractivity contribution in [3.63, 3.8) is 0 Å². The van der Waals surface area contributed by atoms with Crippen LogP contribution in [0.15, 0.2) is 24.3 Å². The molecule has 0 unspecified atom stereocenters. The number of hydrogen-bond acceptors (Lipinski definition) is 5. The van der Waals surface area contributed by atoms with Gasteiger partial charge in [-0.25, -0.2) is 9.59 Å². The Balaban J connectivity index is 1.79. The van der Waals surface area contributed by atoms with Gasteiger partial charge in [0.15, 0.2) is 6.10 Å². The van der Waals surface area contributed by atoms with Crippen LogP contribution >= 0.6 is 0 Å². The number of esters is 1. The molecule has 1 atom stereocenters. The Labute approximate surface area is 159 Å². The summed E-state index contributed by atoms with van der Waals surface area (Å²) in [7, 11) is 0. The molecular formula is C20H28N2O5. The summed E-state index contributed by atoms with van der Waals surface area (Å²) in [6, 6.07) is 6.07. The van der Waals surface area contributed by atoms with Crippen LogP contribution in [0.5, 0.6) is 5.75 Å². The minimum absolute atomic E-state index is 0.104. The van der Waals surface area contributed by atoms with Crippen molar-refractivity contribution in [2.45, 2.75) is 58.6 Å². The summed E-state index contributed by atoms with van der Waals surface area (Å²) in [5.41, 5.74) is 0.307. The van der Waals surface area contributed by atoms with Gasteiger partial charge in [0.25, 0.3) is 5.91 Å². The lowest BCUT2D eigenvalue weighted by Crippen LogP contribution is -2.47. The highest BCUT2D eigenvalue weighted by atomic mass is 16.5. The third-order valence-corrected chi connectivity index (χ3v) is 4.25. The summed E-state index contributed by atoms with van der Waals surface area (Å²) in [6.07, 6.45) is 2.91. The fourth-order valence-corrected chi connectivity index (χ4v) is 2.74. The molecule has 0 radical (unpaired) electrons. The van der Waals surface area contributed by atoms with Crippen LogP contribution < -0.4 is 15.4 Å². The molecule has 148 valence electrons. The number of carbonyl (C=O) groups excluding carboxylic acids is 3. The summed E-state index contributed by atoms with van der Waals surface area (Å²) < 4.78 is 10.7. The van der Waals surface area contributed by atoms with Gasteiger partial charge < -0.3 is 14.8 Å². The van der Waals surface area contributed by atoms with Gasteiger partial charge in [-0.3, -0.25) is 10.1 Å². The number of carbonyl (C=O) groups is 3. The number of nitrogens with one attached hydrogen (secondary N) is 2. The topological polar surface area (TPSA) is 93.7 Å². The Hall–Kier alpha value is -2.57. The number of urea groups is 1. The second-order valence-corrected chi connectivity index (χ2v) is 7.22. The lowest BCUT2D eigenvalue weighted by atomic mass is 10.2. The van der Waals surface area contributed by atoms with Gasteiger partial charge >= 0.3 is 12.0 Å². The highest BCUT2D eigenvalue weighted by Crippen LogP contribution is 2.17. The monoisotopic (exact) mass is 376 g/mol. The normalized spacial score (nSPS) is 15.3. The Morgan fingerprint density at radius 1 is 1.07 bits per heavy atom. The summed E-state index contributed by atoms with van der Waals surface area (Å²) in [6.45, 7) is 6.11. The minimum Gasteiger partial charge on any atom is -0.493 e. The quantitative estimate of drug-likeness (QED) is 0.714. The fraction of sp³-hybridized carbons (Fsp3) is 0.550. The number of benzene rings is 1. The zero-order valence-corrected chi connectivity index (χ0v) is 16.1. The van der Waals surface area contributed by atoms with Crippen molar-refractivity contribution in [1.82, 2.24) is 10.6 Å². The van der Waals surface area contributed by atoms with Crippen LogP contribution in [-0.2, 0) is 9.53 Å². The van der Waals surface area contributed by atoms with E-state index in [1.54, 1.807) is 24.3 Å². The lowest BCUT2D eigenvalue weighted by Gasteiger charge is -2.15. The Kier molecular flexibility index (Phi) is 7.64. The zero-order valence-electron chi connectivity index (χ0n) is 16.1. The van der Waals surface area contributed by atoms with E-state index < -0.39 is 24.0 Å². The van der Waals surface area contributed by atoms with E-state index in [0.717, 1.165) is 25.7 Å². The molecule has 2 rings (SSSR count). The number of amides is 3. The molecule has 7 heteroatoms. The van der Waals surface area contributed by atoms with Gasteiger partial charge in [0.1, 0.15) is 5.75 Å². The van der Waals surface area contributed by atoms with Crippen LogP contribution in [0.25, 0.3) is 0 Å². The van der Waals surface area contributed by atoms with E-state index in [1.807, 2.05) is 13.8 Å². The van der Waals surface area contributed by atoms with Crippen LogP contribution in [0.1, 0.15) is 56.8 Å². The largest absolute Gasteiger partial charge is 0.493 e. The van der Waals surface area contributed by atoms with Gasteiger partial charge in [-0.1, -0.05) is 26.7 Å². The maximum atomic E-state index is 12.2. The van der Waals surface area contributed by atoms with Crippen molar-refractivity contribution in [3.05, 3.63) is 29.8 Å². The predicted molar refractivity (Wildman–Crippen MR) is 101 cm³/mol. The molecule has 27 heavy (non-hydrogen) atoms. The molecule has 1 aromatic carbocycles. The van der Waals surface area contributed by atoms with Crippen LogP contribution in [0.2, 0.25) is 0 Å². The highest BCUT2D eigenvalue weighted by Gasteiger charge is 2.23. The zero-order chi connectivity index (χ0) is 19.8. The predicted octanol–water partition coefficient (Wildman–Crippen LogP) is 3.04. The van der Waals surface area contributed by atoms with Crippen molar-refractivity contribution in [2.75, 3.05) is 6.61 Å². The highest BCUT2D eigenvalue weighted by molar-refractivity contribution is 5.98. The van der Waals surface area contributed by atoms with Crippen LogP contribution in [0.4, 0.5) is 4.79 Å². The number of rotatable bonds is 7. The first-order chi connectivity index (χ1) is 12.8. The summed E-state index contributed by atoms with van der Waals surface area (Å²) in [5.74, 6) is -0.227. The van der Waals surface area contributed by atoms with Crippen molar-refractivity contribution in [2.24, 2.45) is 5.92 Å². The van der Waals surface area contributed by atoms with Crippen LogP contribution in [0, 0.1) is 5.92 Å². The molecule has 1 fully saturated rings. The molecule has 0 heterocycles. The lowest BCUT2D eigenvalue weighted by molar-refractivity contribution is -0.127. The van der Waals surface area contributed by atoms with E-state index in [1.165, 1.54) is 6.92 Å². The maximum Gasteiger partial charge on any atom is 0.338 e. The summed E-state index contributed by atoms with van der Waals surface area (Å²) in [5, 5.41) is 4.96. The van der Waals surface area contributed by atoms with Crippen molar-refractivity contribution >= 4 is 17.9 Å². The molecule has 7 nitrogen and oxygen atoms in total. The number of hydrogen-bond donors (Lipinski definition) is 2. The summed E-state index contributed by atoms with van der Waals surface area (Å²) in [4.78, 5) is 36.0. The van der Waals surface area contributed by atoms with Gasteiger partial charge in [0, 0.05) is 6.04 Å². The SMILES string of the molecule is CC(C)COc1ccc(C(=O)O[C@@H](C)C(=O)NC(=O)NC2CCCC2)cc1. The molecule has 1 aliphatic carbocycles. The molecule has 0 aromatic heterocycles. The van der Waals surface area contributed by atoms with Crippen LogP contribution in [0.3, 0.4) is 0 Å². The van der Waals surface area contributed by atoms with E-state index >= 15 is 0 Å². The van der Waals surface area contributed by atoms with Gasteiger partial charge in [-0.15, -0.1) is 0 Å². The van der Waals surface area contributed by atoms with E-state index in [-0.39, 0.29) is 6.04 Å². The molecular weight excluding hydrogens is 348 g/mol. The maximum absolute atomic E-state index is 12.2. The second kappa shape index (κ2) is 9.94. The minimum atomic E-state index is -1.08. The standard InChI is InChI=1S/C20H28N2O5/c1-13(2)12-26-17-10-8-15(9-11-17)19(24)27-14(3)18(23)22-20(25)21-16-6-4-5-7-16/h8-11,13-14,16H,4-7,12H2,1-3H3,(H2,21,22,23,25)/t14-/m0/s1. The molecule has 0 bridgehead atoms. The van der Waals surface area contributed by atoms with Gasteiger partial charge in [0.2, 0.25) is 0 Å². The molecule has 1 saturated carbocycles. The first-order valence-electron chi connectivity index (χ1n) is 9.40. The molecule has 1 aliphatic rings. The molecule has 1 aromatic rings. The van der Waals surface area contributed by atoms with E-state index in [2.05, 4.69) is 10.6 Å². The first-order valence-corrected chi connectivity index (χ1v) is 9.40. The molecule has 0 spiro atoms. The van der Waals surface area contributed by atoms with Crippen molar-refractivity contribution in [1.29, 1.82) is 0 Å². The number of ether oxygens (including phenoxy) is 2. The molecule has 3 amide bonds. The second-order valence-electron chi connectivity index (χ2n) is 7.22. The average Bonchev–Trinajstić information content (AvgIpc) is 3.12. The smallest absolute Gasteiger partial charge is 0.338 e. The fourth-order valence-electron chi connectivity index (χ4n) is 2.74. The van der Waals surface area contributed by atoms with Crippen LogP contribution in [-0.4, -0.2) is 36.7 Å². The molecule has 0 aliphatic heterocycles. The first kappa shape index (κ1) is 20.7. The number of imide groups is 1. The van der Waals surface area contributed by atoms with Gasteiger partial charge in [-0.2, -0.15) is 0 Å². The Morgan fingerprint density at radius 3 is 2.30 bits per heavy atom. The Bertz CT molecular complexity index is 651. The van der Waals surface area contributed by atoms with E-state index in [0.29, 0.717) is 23.8 Å². The molecule has 0 saturated heterocycles. The molecule has 2 N–H and O–H groups in total. The van der Waals surface area contributed by atoms with E-state index in [4.69, 9.17) is 9.47 Å². The van der Waals surface area contributed by atoms with Gasteiger partial charge in [-0.05, 0) is 49.9 Å². The Morgan fingerprint density at radius 2 is 1.70 bits per heavy atom. The third kappa shape index (κ3) is 6.92. The van der Waals surface area contributed by atoms with Crippen molar-refractivity contribution in [3.8, 4) is 5.75 Å². The third-order valence-electron chi connectivity index (χ3n) is 4.25. The van der Waals surface area contributed by atoms with E-state index in [9.17, 15) is 14.4 Å². The average molecular weight is 376 g/mol. The summed E-state index contributed by atoms with van der Waals surface area (Å²) >= 11 is 0.